The monoisotopic (exact) mass is 269 g/mol. The summed E-state index contributed by atoms with van der Waals surface area (Å²) in [5, 5.41) is 0. The van der Waals surface area contributed by atoms with Crippen LogP contribution in [0.4, 0.5) is 0 Å². The molecule has 106 valence electrons. The number of hydrogen-bond donors (Lipinski definition) is 1. The summed E-state index contributed by atoms with van der Waals surface area (Å²) in [6.07, 6.45) is 2.11. The third kappa shape index (κ3) is 4.80. The van der Waals surface area contributed by atoms with Gasteiger partial charge < -0.3 is 10.5 Å². The SMILES string of the molecule is NCCCC(COCc1ccccc1)c1ccccc1. The Balaban J connectivity index is 1.88. The van der Waals surface area contributed by atoms with Gasteiger partial charge in [0.2, 0.25) is 0 Å². The third-order valence-electron chi connectivity index (χ3n) is 3.46. The lowest BCUT2D eigenvalue weighted by Gasteiger charge is -2.17. The summed E-state index contributed by atoms with van der Waals surface area (Å²) < 4.78 is 5.89. The minimum Gasteiger partial charge on any atom is -0.376 e. The molecular weight excluding hydrogens is 246 g/mol. The molecule has 0 amide bonds. The highest BCUT2D eigenvalue weighted by atomic mass is 16.5. The van der Waals surface area contributed by atoms with Gasteiger partial charge in [-0.2, -0.15) is 0 Å². The lowest BCUT2D eigenvalue weighted by atomic mass is 9.95. The Hall–Kier alpha value is -1.64. The van der Waals surface area contributed by atoms with E-state index in [0.717, 1.165) is 26.0 Å². The van der Waals surface area contributed by atoms with E-state index < -0.39 is 0 Å². The normalized spacial score (nSPS) is 12.2. The number of rotatable bonds is 8. The van der Waals surface area contributed by atoms with Crippen LogP contribution in [0.3, 0.4) is 0 Å². The van der Waals surface area contributed by atoms with Crippen LogP contribution in [0.1, 0.15) is 29.9 Å². The zero-order chi connectivity index (χ0) is 14.0. The first kappa shape index (κ1) is 14.8. The van der Waals surface area contributed by atoms with Crippen LogP contribution in [0, 0.1) is 0 Å². The van der Waals surface area contributed by atoms with E-state index in [1.165, 1.54) is 11.1 Å². The molecule has 2 aromatic carbocycles. The van der Waals surface area contributed by atoms with Crippen LogP contribution in [-0.2, 0) is 11.3 Å². The van der Waals surface area contributed by atoms with Crippen molar-refractivity contribution < 1.29 is 4.74 Å². The van der Waals surface area contributed by atoms with Gasteiger partial charge in [-0.25, -0.2) is 0 Å². The molecule has 2 rings (SSSR count). The van der Waals surface area contributed by atoms with Crippen molar-refractivity contribution in [3.05, 3.63) is 71.8 Å². The summed E-state index contributed by atoms with van der Waals surface area (Å²) in [4.78, 5) is 0. The van der Waals surface area contributed by atoms with Crippen LogP contribution < -0.4 is 5.73 Å². The maximum atomic E-state index is 5.89. The number of ether oxygens (including phenoxy) is 1. The van der Waals surface area contributed by atoms with Gasteiger partial charge in [0.15, 0.2) is 0 Å². The second-order valence-electron chi connectivity index (χ2n) is 5.04. The fourth-order valence-corrected chi connectivity index (χ4v) is 2.33. The minimum atomic E-state index is 0.434. The fourth-order valence-electron chi connectivity index (χ4n) is 2.33. The third-order valence-corrected chi connectivity index (χ3v) is 3.46. The smallest absolute Gasteiger partial charge is 0.0717 e. The Kier molecular flexibility index (Phi) is 6.28. The van der Waals surface area contributed by atoms with Crippen molar-refractivity contribution in [3.63, 3.8) is 0 Å². The van der Waals surface area contributed by atoms with Gasteiger partial charge in [-0.1, -0.05) is 60.7 Å². The van der Waals surface area contributed by atoms with E-state index in [9.17, 15) is 0 Å². The lowest BCUT2D eigenvalue weighted by Crippen LogP contribution is -2.10. The van der Waals surface area contributed by atoms with Crippen molar-refractivity contribution in [1.29, 1.82) is 0 Å². The molecule has 0 bridgehead atoms. The van der Waals surface area contributed by atoms with Crippen LogP contribution in [0.15, 0.2) is 60.7 Å². The van der Waals surface area contributed by atoms with Crippen molar-refractivity contribution in [2.24, 2.45) is 5.73 Å². The molecule has 0 radical (unpaired) electrons. The second kappa shape index (κ2) is 8.51. The quantitative estimate of drug-likeness (QED) is 0.792. The number of nitrogens with two attached hydrogens (primary N) is 1. The first-order valence-electron chi connectivity index (χ1n) is 7.27. The van der Waals surface area contributed by atoms with Gasteiger partial charge in [-0.05, 0) is 30.5 Å². The molecule has 0 aliphatic carbocycles. The maximum absolute atomic E-state index is 5.89. The summed E-state index contributed by atoms with van der Waals surface area (Å²) in [5.74, 6) is 0.434. The van der Waals surface area contributed by atoms with Gasteiger partial charge in [-0.3, -0.25) is 0 Å². The summed E-state index contributed by atoms with van der Waals surface area (Å²) >= 11 is 0. The summed E-state index contributed by atoms with van der Waals surface area (Å²) in [7, 11) is 0. The van der Waals surface area contributed by atoms with Crippen LogP contribution in [-0.4, -0.2) is 13.2 Å². The molecule has 0 aliphatic heterocycles. The Morgan fingerprint density at radius 3 is 2.20 bits per heavy atom. The Morgan fingerprint density at radius 1 is 0.900 bits per heavy atom. The van der Waals surface area contributed by atoms with Crippen LogP contribution in [0.25, 0.3) is 0 Å². The van der Waals surface area contributed by atoms with Crippen molar-refractivity contribution >= 4 is 0 Å². The maximum Gasteiger partial charge on any atom is 0.0717 e. The van der Waals surface area contributed by atoms with Gasteiger partial charge in [-0.15, -0.1) is 0 Å². The Bertz CT molecular complexity index is 469. The lowest BCUT2D eigenvalue weighted by molar-refractivity contribution is 0.104. The van der Waals surface area contributed by atoms with E-state index in [1.54, 1.807) is 0 Å². The van der Waals surface area contributed by atoms with Crippen molar-refractivity contribution in [2.75, 3.05) is 13.2 Å². The highest BCUT2D eigenvalue weighted by molar-refractivity contribution is 5.19. The first-order chi connectivity index (χ1) is 9.90. The van der Waals surface area contributed by atoms with Gasteiger partial charge in [0, 0.05) is 5.92 Å². The molecule has 2 heteroatoms. The first-order valence-corrected chi connectivity index (χ1v) is 7.27. The average Bonchev–Trinajstić information content (AvgIpc) is 2.52. The zero-order valence-corrected chi connectivity index (χ0v) is 11.9. The molecule has 2 aromatic rings. The second-order valence-corrected chi connectivity index (χ2v) is 5.04. The van der Waals surface area contributed by atoms with E-state index >= 15 is 0 Å². The molecule has 20 heavy (non-hydrogen) atoms. The van der Waals surface area contributed by atoms with Crippen molar-refractivity contribution in [1.82, 2.24) is 0 Å². The van der Waals surface area contributed by atoms with Crippen molar-refractivity contribution in [2.45, 2.75) is 25.4 Å². The molecule has 0 aliphatic rings. The van der Waals surface area contributed by atoms with E-state index in [2.05, 4.69) is 36.4 Å². The Morgan fingerprint density at radius 2 is 1.55 bits per heavy atom. The molecular formula is C18H23NO. The topological polar surface area (TPSA) is 35.2 Å². The summed E-state index contributed by atoms with van der Waals surface area (Å²) in [5.41, 5.74) is 8.20. The standard InChI is InChI=1S/C18H23NO/c19-13-7-12-18(17-10-5-2-6-11-17)15-20-14-16-8-3-1-4-9-16/h1-6,8-11,18H,7,12-15,19H2. The Labute approximate surface area is 121 Å². The summed E-state index contributed by atoms with van der Waals surface area (Å²) in [6.45, 7) is 2.16. The molecule has 1 unspecified atom stereocenters. The van der Waals surface area contributed by atoms with E-state index in [1.807, 2.05) is 24.3 Å². The van der Waals surface area contributed by atoms with E-state index in [-0.39, 0.29) is 0 Å². The molecule has 2 nitrogen and oxygen atoms in total. The van der Waals surface area contributed by atoms with Gasteiger partial charge in [0.05, 0.1) is 13.2 Å². The highest BCUT2D eigenvalue weighted by Crippen LogP contribution is 2.21. The molecule has 0 spiro atoms. The highest BCUT2D eigenvalue weighted by Gasteiger charge is 2.11. The molecule has 0 aromatic heterocycles. The molecule has 1 atom stereocenters. The predicted molar refractivity (Wildman–Crippen MR) is 83.6 cm³/mol. The molecule has 0 fully saturated rings. The molecule has 0 saturated carbocycles. The van der Waals surface area contributed by atoms with E-state index in [4.69, 9.17) is 10.5 Å². The molecule has 2 N–H and O–H groups in total. The minimum absolute atomic E-state index is 0.434. The largest absolute Gasteiger partial charge is 0.376 e. The van der Waals surface area contributed by atoms with Crippen LogP contribution >= 0.6 is 0 Å². The summed E-state index contributed by atoms with van der Waals surface area (Å²) in [6, 6.07) is 20.9. The van der Waals surface area contributed by atoms with Crippen LogP contribution in [0.2, 0.25) is 0 Å². The molecule has 0 heterocycles. The van der Waals surface area contributed by atoms with E-state index in [0.29, 0.717) is 12.5 Å². The average molecular weight is 269 g/mol. The number of benzene rings is 2. The van der Waals surface area contributed by atoms with Crippen molar-refractivity contribution in [3.8, 4) is 0 Å². The number of hydrogen-bond acceptors (Lipinski definition) is 2. The predicted octanol–water partition coefficient (Wildman–Crippen LogP) is 3.73. The molecule has 0 saturated heterocycles. The zero-order valence-electron chi connectivity index (χ0n) is 11.9. The van der Waals surface area contributed by atoms with Gasteiger partial charge in [0.25, 0.3) is 0 Å². The fraction of sp³-hybridized carbons (Fsp3) is 0.333. The van der Waals surface area contributed by atoms with Gasteiger partial charge >= 0.3 is 0 Å². The van der Waals surface area contributed by atoms with Crippen LogP contribution in [0.5, 0.6) is 0 Å². The van der Waals surface area contributed by atoms with Gasteiger partial charge in [0.1, 0.15) is 0 Å².